The summed E-state index contributed by atoms with van der Waals surface area (Å²) in [6.07, 6.45) is -1.81. The Balaban J connectivity index is 2.12. The first-order chi connectivity index (χ1) is 13.3. The van der Waals surface area contributed by atoms with Crippen molar-refractivity contribution in [1.29, 1.82) is 0 Å². The van der Waals surface area contributed by atoms with Crippen molar-refractivity contribution in [1.82, 2.24) is 25.3 Å². The van der Waals surface area contributed by atoms with E-state index in [4.69, 9.17) is 5.11 Å². The van der Waals surface area contributed by atoms with E-state index in [2.05, 4.69) is 20.6 Å². The number of carbonyl (C=O) groups is 1. The van der Waals surface area contributed by atoms with Gasteiger partial charge in [-0.3, -0.25) is 14.7 Å². The largest absolute Gasteiger partial charge is 0.416 e. The highest BCUT2D eigenvalue weighted by molar-refractivity contribution is 5.94. The fraction of sp³-hybridized carbons (Fsp3) is 0.176. The van der Waals surface area contributed by atoms with E-state index in [-0.39, 0.29) is 35.7 Å². The minimum Gasteiger partial charge on any atom is -0.395 e. The second-order valence-electron chi connectivity index (χ2n) is 5.67. The number of hydrogen-bond donors (Lipinski definition) is 3. The smallest absolute Gasteiger partial charge is 0.395 e. The molecule has 0 fully saturated rings. The van der Waals surface area contributed by atoms with Crippen LogP contribution in [0.3, 0.4) is 0 Å². The van der Waals surface area contributed by atoms with Crippen molar-refractivity contribution in [2.45, 2.75) is 6.18 Å². The molecule has 8 nitrogen and oxygen atoms in total. The normalized spacial score (nSPS) is 11.4. The number of aromatic amines is 1. The van der Waals surface area contributed by atoms with Crippen LogP contribution in [-0.2, 0) is 6.18 Å². The number of nitrogens with zero attached hydrogens (tertiary/aromatic N) is 3. The summed E-state index contributed by atoms with van der Waals surface area (Å²) in [5.74, 6) is -0.744. The lowest BCUT2D eigenvalue weighted by Gasteiger charge is -2.11. The molecule has 0 aliphatic carbocycles. The standard InChI is InChI=1S/C17H14F3N5O3/c18-17(19,20)11-3-1-10(2-4-11)14-7-13(15(27)21-5-6-26)16(28)25(24-14)12-8-22-23-9-12/h1-4,7-9,26H,5-6H2,(H,21,27)(H,22,23). The molecule has 3 aromatic rings. The van der Waals surface area contributed by atoms with Crippen LogP contribution in [0.4, 0.5) is 13.2 Å². The highest BCUT2D eigenvalue weighted by Gasteiger charge is 2.30. The van der Waals surface area contributed by atoms with Gasteiger partial charge in [0.15, 0.2) is 0 Å². The summed E-state index contributed by atoms with van der Waals surface area (Å²) in [6, 6.07) is 5.36. The number of H-pyrrole nitrogens is 1. The van der Waals surface area contributed by atoms with Crippen LogP contribution in [0.2, 0.25) is 0 Å². The van der Waals surface area contributed by atoms with Crippen LogP contribution in [0, 0.1) is 0 Å². The van der Waals surface area contributed by atoms with Gasteiger partial charge in [-0.25, -0.2) is 0 Å². The third-order valence-corrected chi connectivity index (χ3v) is 3.79. The van der Waals surface area contributed by atoms with Gasteiger partial charge < -0.3 is 10.4 Å². The van der Waals surface area contributed by atoms with Gasteiger partial charge in [-0.15, -0.1) is 0 Å². The Morgan fingerprint density at radius 1 is 1.25 bits per heavy atom. The highest BCUT2D eigenvalue weighted by Crippen LogP contribution is 2.30. The molecular weight excluding hydrogens is 379 g/mol. The van der Waals surface area contributed by atoms with E-state index in [1.54, 1.807) is 0 Å². The maximum absolute atomic E-state index is 12.8. The molecule has 0 saturated carbocycles. The quantitative estimate of drug-likeness (QED) is 0.606. The van der Waals surface area contributed by atoms with Crippen molar-refractivity contribution in [2.24, 2.45) is 0 Å². The van der Waals surface area contributed by atoms with Gasteiger partial charge in [0.2, 0.25) is 0 Å². The second-order valence-corrected chi connectivity index (χ2v) is 5.67. The maximum Gasteiger partial charge on any atom is 0.416 e. The third kappa shape index (κ3) is 3.93. The summed E-state index contributed by atoms with van der Waals surface area (Å²) in [6.45, 7) is -0.388. The van der Waals surface area contributed by atoms with Crippen LogP contribution in [0.1, 0.15) is 15.9 Å². The average Bonchev–Trinajstić information content (AvgIpc) is 3.20. The molecule has 0 aliphatic heterocycles. The predicted octanol–water partition coefficient (Wildman–Crippen LogP) is 1.36. The van der Waals surface area contributed by atoms with Crippen LogP contribution in [-0.4, -0.2) is 44.1 Å². The lowest BCUT2D eigenvalue weighted by molar-refractivity contribution is -0.137. The van der Waals surface area contributed by atoms with Crippen molar-refractivity contribution < 1.29 is 23.1 Å². The van der Waals surface area contributed by atoms with E-state index >= 15 is 0 Å². The van der Waals surface area contributed by atoms with Crippen molar-refractivity contribution in [3.05, 3.63) is 64.2 Å². The molecule has 3 N–H and O–H groups in total. The fourth-order valence-corrected chi connectivity index (χ4v) is 2.43. The number of rotatable bonds is 5. The van der Waals surface area contributed by atoms with Crippen molar-refractivity contribution in [3.63, 3.8) is 0 Å². The molecule has 0 saturated heterocycles. The molecule has 3 rings (SSSR count). The molecule has 0 aliphatic rings. The number of nitrogens with one attached hydrogen (secondary N) is 2. The van der Waals surface area contributed by atoms with E-state index in [0.717, 1.165) is 16.8 Å². The fourth-order valence-electron chi connectivity index (χ4n) is 2.43. The topological polar surface area (TPSA) is 113 Å². The molecular formula is C17H14F3N5O3. The minimum atomic E-state index is -4.49. The number of aliphatic hydroxyl groups is 1. The highest BCUT2D eigenvalue weighted by atomic mass is 19.4. The van der Waals surface area contributed by atoms with Crippen molar-refractivity contribution in [3.8, 4) is 16.9 Å². The van der Waals surface area contributed by atoms with E-state index < -0.39 is 23.2 Å². The summed E-state index contributed by atoms with van der Waals surface area (Å²) in [7, 11) is 0. The number of hydrogen-bond acceptors (Lipinski definition) is 5. The average molecular weight is 393 g/mol. The molecule has 11 heteroatoms. The summed E-state index contributed by atoms with van der Waals surface area (Å²) >= 11 is 0. The van der Waals surface area contributed by atoms with Crippen LogP contribution in [0.15, 0.2) is 47.5 Å². The lowest BCUT2D eigenvalue weighted by Crippen LogP contribution is -2.35. The Labute approximate surface area is 155 Å². The Morgan fingerprint density at radius 3 is 2.54 bits per heavy atom. The molecule has 2 aromatic heterocycles. The predicted molar refractivity (Wildman–Crippen MR) is 91.8 cm³/mol. The third-order valence-electron chi connectivity index (χ3n) is 3.79. The van der Waals surface area contributed by atoms with Gasteiger partial charge in [0.05, 0.1) is 24.1 Å². The first-order valence-electron chi connectivity index (χ1n) is 8.01. The molecule has 146 valence electrons. The summed E-state index contributed by atoms with van der Waals surface area (Å²) in [5.41, 5.74) is -1.22. The number of halogens is 3. The van der Waals surface area contributed by atoms with Gasteiger partial charge in [-0.1, -0.05) is 12.1 Å². The first kappa shape index (κ1) is 19.3. The molecule has 28 heavy (non-hydrogen) atoms. The summed E-state index contributed by atoms with van der Waals surface area (Å²) in [4.78, 5) is 24.9. The van der Waals surface area contributed by atoms with Crippen molar-refractivity contribution >= 4 is 5.91 Å². The van der Waals surface area contributed by atoms with Crippen LogP contribution < -0.4 is 10.9 Å². The minimum absolute atomic E-state index is 0.0675. The van der Waals surface area contributed by atoms with Gasteiger partial charge in [-0.2, -0.15) is 28.1 Å². The van der Waals surface area contributed by atoms with E-state index in [9.17, 15) is 22.8 Å². The zero-order valence-electron chi connectivity index (χ0n) is 14.2. The zero-order valence-corrected chi connectivity index (χ0v) is 14.2. The number of aliphatic hydroxyl groups excluding tert-OH is 1. The molecule has 1 amide bonds. The molecule has 2 heterocycles. The maximum atomic E-state index is 12.8. The van der Waals surface area contributed by atoms with Gasteiger partial charge in [0.1, 0.15) is 11.3 Å². The monoisotopic (exact) mass is 393 g/mol. The zero-order chi connectivity index (χ0) is 20.3. The molecule has 0 atom stereocenters. The Kier molecular flexibility index (Phi) is 5.27. The number of alkyl halides is 3. The molecule has 0 bridgehead atoms. The van der Waals surface area contributed by atoms with Crippen molar-refractivity contribution in [2.75, 3.05) is 13.2 Å². The number of carbonyl (C=O) groups excluding carboxylic acids is 1. The van der Waals surface area contributed by atoms with Crippen LogP contribution in [0.25, 0.3) is 16.9 Å². The lowest BCUT2D eigenvalue weighted by atomic mass is 10.1. The van der Waals surface area contributed by atoms with E-state index in [1.165, 1.54) is 30.6 Å². The molecule has 0 spiro atoms. The van der Waals surface area contributed by atoms with E-state index in [1.807, 2.05) is 0 Å². The van der Waals surface area contributed by atoms with Gasteiger partial charge in [0.25, 0.3) is 11.5 Å². The Morgan fingerprint density at radius 2 is 1.96 bits per heavy atom. The second kappa shape index (κ2) is 7.64. The van der Waals surface area contributed by atoms with Gasteiger partial charge >= 0.3 is 6.18 Å². The summed E-state index contributed by atoms with van der Waals surface area (Å²) in [5, 5.41) is 21.6. The number of amides is 1. The summed E-state index contributed by atoms with van der Waals surface area (Å²) < 4.78 is 39.2. The van der Waals surface area contributed by atoms with Crippen LogP contribution in [0.5, 0.6) is 0 Å². The SMILES string of the molecule is O=C(NCCO)c1cc(-c2ccc(C(F)(F)F)cc2)nn(-c2cn[nH]c2)c1=O. The molecule has 1 aromatic carbocycles. The number of benzene rings is 1. The Hall–Kier alpha value is -3.47. The van der Waals surface area contributed by atoms with E-state index in [0.29, 0.717) is 0 Å². The van der Waals surface area contributed by atoms with Gasteiger partial charge in [-0.05, 0) is 18.2 Å². The van der Waals surface area contributed by atoms with Crippen LogP contribution >= 0.6 is 0 Å². The van der Waals surface area contributed by atoms with Gasteiger partial charge in [0, 0.05) is 18.3 Å². The molecule has 0 unspecified atom stereocenters. The Bertz CT molecular complexity index is 1030. The number of aromatic nitrogens is 4. The first-order valence-corrected chi connectivity index (χ1v) is 8.01. The molecule has 0 radical (unpaired) electrons.